The van der Waals surface area contributed by atoms with Crippen LogP contribution < -0.4 is 0 Å². The van der Waals surface area contributed by atoms with Crippen LogP contribution in [0.4, 0.5) is 0 Å². The molecule has 0 fully saturated rings. The molecule has 0 radical (unpaired) electrons. The quantitative estimate of drug-likeness (QED) is 0.391. The molecule has 0 amide bonds. The summed E-state index contributed by atoms with van der Waals surface area (Å²) in [5, 5.41) is 17.0. The lowest BCUT2D eigenvalue weighted by molar-refractivity contribution is -0.132. The van der Waals surface area contributed by atoms with E-state index >= 15 is 0 Å². The molecule has 0 saturated carbocycles. The first-order chi connectivity index (χ1) is 5.67. The molecule has 0 aliphatic heterocycles. The highest BCUT2D eigenvalue weighted by Crippen LogP contribution is 2.09. The number of ether oxygens (including phenoxy) is 1. The fourth-order valence-electron chi connectivity index (χ4n) is 0.755. The van der Waals surface area contributed by atoms with E-state index in [0.717, 1.165) is 0 Å². The van der Waals surface area contributed by atoms with E-state index in [1.54, 1.807) is 19.9 Å². The Labute approximate surface area is 71.1 Å². The maximum Gasteiger partial charge on any atom is 0.349 e. The van der Waals surface area contributed by atoms with Gasteiger partial charge in [-0.15, -0.1) is 0 Å². The van der Waals surface area contributed by atoms with Crippen molar-refractivity contribution in [1.82, 2.24) is 0 Å². The van der Waals surface area contributed by atoms with Crippen LogP contribution in [0.2, 0.25) is 0 Å². The van der Waals surface area contributed by atoms with Crippen molar-refractivity contribution in [3.63, 3.8) is 0 Å². The number of carboxylic acids is 1. The maximum absolute atomic E-state index is 10.4. The van der Waals surface area contributed by atoms with Gasteiger partial charge in [0.15, 0.2) is 5.57 Å². The second kappa shape index (κ2) is 5.19. The van der Waals surface area contributed by atoms with E-state index in [1.165, 1.54) is 0 Å². The second-order valence-corrected chi connectivity index (χ2v) is 2.00. The third kappa shape index (κ3) is 2.62. The Morgan fingerprint density at radius 1 is 1.58 bits per heavy atom. The highest BCUT2D eigenvalue weighted by atomic mass is 16.5. The van der Waals surface area contributed by atoms with Gasteiger partial charge in [0.1, 0.15) is 11.8 Å². The van der Waals surface area contributed by atoms with Gasteiger partial charge in [0.05, 0.1) is 6.61 Å². The number of hydrogen-bond donors (Lipinski definition) is 1. The van der Waals surface area contributed by atoms with Crippen LogP contribution in [0.15, 0.2) is 11.3 Å². The summed E-state index contributed by atoms with van der Waals surface area (Å²) in [5.41, 5.74) is -0.306. The van der Waals surface area contributed by atoms with Crippen molar-refractivity contribution in [2.75, 3.05) is 6.61 Å². The topological polar surface area (TPSA) is 70.3 Å². The molecule has 12 heavy (non-hydrogen) atoms. The molecular weight excluding hydrogens is 158 g/mol. The number of aliphatic carboxylic acids is 1. The molecule has 1 N–H and O–H groups in total. The Morgan fingerprint density at radius 2 is 2.17 bits per heavy atom. The molecule has 4 heteroatoms. The predicted molar refractivity (Wildman–Crippen MR) is 42.2 cm³/mol. The zero-order chi connectivity index (χ0) is 9.56. The van der Waals surface area contributed by atoms with Crippen molar-refractivity contribution in [2.24, 2.45) is 0 Å². The predicted octanol–water partition coefficient (Wildman–Crippen LogP) is 1.30. The highest BCUT2D eigenvalue weighted by Gasteiger charge is 2.13. The highest BCUT2D eigenvalue weighted by molar-refractivity contribution is 5.91. The third-order valence-corrected chi connectivity index (χ3v) is 1.24. The molecule has 0 heterocycles. The normalized spacial score (nSPS) is 11.4. The first kappa shape index (κ1) is 10.5. The standard InChI is InChI=1S/C8H11NO3/c1-3-7(12-4-2)6(5-9)8(10)11/h3-4H2,1-2H3,(H,10,11)/b7-6+. The summed E-state index contributed by atoms with van der Waals surface area (Å²) in [7, 11) is 0. The molecule has 0 spiro atoms. The SMILES string of the molecule is CCO/C(CC)=C(\C#N)C(=O)O. The number of carbonyl (C=O) groups is 1. The summed E-state index contributed by atoms with van der Waals surface area (Å²) in [4.78, 5) is 10.4. The van der Waals surface area contributed by atoms with Crippen LogP contribution in [-0.4, -0.2) is 17.7 Å². The zero-order valence-electron chi connectivity index (χ0n) is 7.13. The summed E-state index contributed by atoms with van der Waals surface area (Å²) < 4.78 is 4.98. The summed E-state index contributed by atoms with van der Waals surface area (Å²) >= 11 is 0. The van der Waals surface area contributed by atoms with Crippen LogP contribution >= 0.6 is 0 Å². The number of rotatable bonds is 4. The van der Waals surface area contributed by atoms with Crippen LogP contribution in [-0.2, 0) is 9.53 Å². The molecule has 0 unspecified atom stereocenters. The third-order valence-electron chi connectivity index (χ3n) is 1.24. The van der Waals surface area contributed by atoms with Gasteiger partial charge < -0.3 is 9.84 Å². The minimum Gasteiger partial charge on any atom is -0.497 e. The summed E-state index contributed by atoms with van der Waals surface area (Å²) in [6.07, 6.45) is 0.420. The minimum atomic E-state index is -1.23. The fourth-order valence-corrected chi connectivity index (χ4v) is 0.755. The summed E-state index contributed by atoms with van der Waals surface area (Å²) in [6.45, 7) is 3.86. The fraction of sp³-hybridized carbons (Fsp3) is 0.500. The molecule has 0 bridgehead atoms. The number of hydrogen-bond acceptors (Lipinski definition) is 3. The smallest absolute Gasteiger partial charge is 0.349 e. The Balaban J connectivity index is 4.77. The number of nitriles is 1. The Morgan fingerprint density at radius 3 is 2.42 bits per heavy atom. The average molecular weight is 169 g/mol. The van der Waals surface area contributed by atoms with E-state index in [4.69, 9.17) is 15.1 Å². The van der Waals surface area contributed by atoms with Crippen LogP contribution in [0.1, 0.15) is 20.3 Å². The van der Waals surface area contributed by atoms with Crippen LogP contribution in [0.25, 0.3) is 0 Å². The van der Waals surface area contributed by atoms with Crippen molar-refractivity contribution < 1.29 is 14.6 Å². The molecule has 0 aliphatic rings. The molecular formula is C8H11NO3. The van der Waals surface area contributed by atoms with Gasteiger partial charge in [0, 0.05) is 6.42 Å². The number of nitrogens with zero attached hydrogens (tertiary/aromatic N) is 1. The average Bonchev–Trinajstić information content (AvgIpc) is 2.03. The number of carboxylic acid groups (broad SMARTS) is 1. The lowest BCUT2D eigenvalue weighted by Crippen LogP contribution is -2.05. The van der Waals surface area contributed by atoms with Gasteiger partial charge >= 0.3 is 5.97 Å². The van der Waals surface area contributed by atoms with Gasteiger partial charge in [0.2, 0.25) is 0 Å². The van der Waals surface area contributed by atoms with Gasteiger partial charge in [0.25, 0.3) is 0 Å². The van der Waals surface area contributed by atoms with E-state index in [-0.39, 0.29) is 11.3 Å². The molecule has 0 aromatic heterocycles. The van der Waals surface area contributed by atoms with Gasteiger partial charge in [-0.3, -0.25) is 0 Å². The van der Waals surface area contributed by atoms with Crippen LogP contribution in [0.5, 0.6) is 0 Å². The maximum atomic E-state index is 10.4. The lowest BCUT2D eigenvalue weighted by Gasteiger charge is -2.05. The van der Waals surface area contributed by atoms with Crippen molar-refractivity contribution in [3.8, 4) is 6.07 Å². The molecule has 4 nitrogen and oxygen atoms in total. The molecule has 0 aliphatic carbocycles. The van der Waals surface area contributed by atoms with Crippen molar-refractivity contribution in [2.45, 2.75) is 20.3 Å². The van der Waals surface area contributed by atoms with Crippen LogP contribution in [0, 0.1) is 11.3 Å². The molecule has 0 aromatic rings. The molecule has 66 valence electrons. The first-order valence-corrected chi connectivity index (χ1v) is 3.66. The zero-order valence-corrected chi connectivity index (χ0v) is 7.13. The first-order valence-electron chi connectivity index (χ1n) is 3.66. The minimum absolute atomic E-state index is 0.243. The van der Waals surface area contributed by atoms with Gasteiger partial charge in [-0.05, 0) is 6.92 Å². The van der Waals surface area contributed by atoms with E-state index in [2.05, 4.69) is 0 Å². The Hall–Kier alpha value is -1.50. The monoisotopic (exact) mass is 169 g/mol. The number of allylic oxidation sites excluding steroid dienone is 1. The van der Waals surface area contributed by atoms with E-state index in [9.17, 15) is 4.79 Å². The van der Waals surface area contributed by atoms with E-state index < -0.39 is 5.97 Å². The summed E-state index contributed by atoms with van der Waals surface area (Å²) in [6, 6.07) is 1.59. The van der Waals surface area contributed by atoms with Gasteiger partial charge in [-0.1, -0.05) is 6.92 Å². The molecule has 0 atom stereocenters. The second-order valence-electron chi connectivity index (χ2n) is 2.00. The van der Waals surface area contributed by atoms with Crippen LogP contribution in [0.3, 0.4) is 0 Å². The largest absolute Gasteiger partial charge is 0.497 e. The van der Waals surface area contributed by atoms with Gasteiger partial charge in [-0.25, -0.2) is 4.79 Å². The molecule has 0 rings (SSSR count). The Bertz CT molecular complexity index is 237. The van der Waals surface area contributed by atoms with Crippen molar-refractivity contribution >= 4 is 5.97 Å². The summed E-state index contributed by atoms with van der Waals surface area (Å²) in [5.74, 6) is -0.990. The van der Waals surface area contributed by atoms with Crippen molar-refractivity contribution in [1.29, 1.82) is 5.26 Å². The van der Waals surface area contributed by atoms with Gasteiger partial charge in [-0.2, -0.15) is 5.26 Å². The Kier molecular flexibility index (Phi) is 4.54. The van der Waals surface area contributed by atoms with Crippen molar-refractivity contribution in [3.05, 3.63) is 11.3 Å². The van der Waals surface area contributed by atoms with E-state index in [0.29, 0.717) is 13.0 Å². The molecule has 0 aromatic carbocycles. The lowest BCUT2D eigenvalue weighted by atomic mass is 10.2. The van der Waals surface area contributed by atoms with E-state index in [1.807, 2.05) is 0 Å². The molecule has 0 saturated heterocycles.